The van der Waals surface area contributed by atoms with E-state index in [1.165, 1.54) is 31.2 Å². The summed E-state index contributed by atoms with van der Waals surface area (Å²) in [6.45, 7) is 0.804. The summed E-state index contributed by atoms with van der Waals surface area (Å²) in [6, 6.07) is 9.69. The molecule has 1 amide bonds. The van der Waals surface area contributed by atoms with Gasteiger partial charge < -0.3 is 10.2 Å². The lowest BCUT2D eigenvalue weighted by Crippen LogP contribution is -2.40. The number of hydrogen-bond donors (Lipinski definition) is 1. The van der Waals surface area contributed by atoms with Crippen LogP contribution in [0, 0.1) is 5.92 Å². The highest BCUT2D eigenvalue weighted by molar-refractivity contribution is 9.10. The number of amides is 1. The van der Waals surface area contributed by atoms with Gasteiger partial charge in [0.05, 0.1) is 0 Å². The number of carbonyl (C=O) groups excluding carboxylic acids is 1. The summed E-state index contributed by atoms with van der Waals surface area (Å²) in [5.41, 5.74) is 1.28. The average molecular weight is 365 g/mol. The first kappa shape index (κ1) is 16.0. The van der Waals surface area contributed by atoms with Gasteiger partial charge in [0.25, 0.3) is 0 Å². The van der Waals surface area contributed by atoms with Gasteiger partial charge in [0.15, 0.2) is 0 Å². The minimum Gasteiger partial charge on any atom is -0.345 e. The fourth-order valence-corrected chi connectivity index (χ4v) is 4.08. The number of fused-ring (bicyclic) bond motifs is 2. The molecule has 120 valence electrons. The van der Waals surface area contributed by atoms with Gasteiger partial charge in [-0.15, -0.1) is 0 Å². The van der Waals surface area contributed by atoms with Gasteiger partial charge >= 0.3 is 0 Å². The normalized spacial score (nSPS) is 26.9. The molecule has 2 aliphatic heterocycles. The summed E-state index contributed by atoms with van der Waals surface area (Å²) in [4.78, 5) is 14.3. The number of carbonyl (C=O) groups is 1. The Morgan fingerprint density at radius 1 is 1.23 bits per heavy atom. The van der Waals surface area contributed by atoms with Crippen molar-refractivity contribution < 1.29 is 4.79 Å². The third kappa shape index (κ3) is 4.11. The second-order valence-electron chi connectivity index (χ2n) is 6.87. The molecule has 1 aromatic carbocycles. The quantitative estimate of drug-likeness (QED) is 0.868. The van der Waals surface area contributed by atoms with Crippen LogP contribution in [0.25, 0.3) is 0 Å². The summed E-state index contributed by atoms with van der Waals surface area (Å²) in [6.07, 6.45) is 6.62. The molecule has 2 bridgehead atoms. The monoisotopic (exact) mass is 364 g/mol. The van der Waals surface area contributed by atoms with E-state index in [2.05, 4.69) is 45.5 Å². The number of rotatable bonds is 5. The molecular weight excluding hydrogens is 340 g/mol. The summed E-state index contributed by atoms with van der Waals surface area (Å²) < 4.78 is 1.10. The fraction of sp³-hybridized carbons (Fsp3) is 0.611. The summed E-state index contributed by atoms with van der Waals surface area (Å²) in [5.74, 6) is 0.893. The number of piperidine rings is 1. The fourth-order valence-electron chi connectivity index (χ4n) is 3.82. The van der Waals surface area contributed by atoms with Crippen molar-refractivity contribution in [3.8, 4) is 0 Å². The minimum atomic E-state index is 0.309. The smallest absolute Gasteiger partial charge is 0.222 e. The van der Waals surface area contributed by atoms with Crippen molar-refractivity contribution in [1.29, 1.82) is 0 Å². The predicted octanol–water partition coefficient (Wildman–Crippen LogP) is 3.37. The van der Waals surface area contributed by atoms with Crippen LogP contribution in [-0.4, -0.2) is 36.5 Å². The number of benzene rings is 1. The molecule has 0 saturated carbocycles. The van der Waals surface area contributed by atoms with Gasteiger partial charge in [-0.1, -0.05) is 28.1 Å². The number of hydrogen-bond acceptors (Lipinski definition) is 2. The molecule has 4 heteroatoms. The Balaban J connectivity index is 1.44. The Kier molecular flexibility index (Phi) is 5.19. The van der Waals surface area contributed by atoms with Gasteiger partial charge in [-0.05, 0) is 55.7 Å². The number of likely N-dealkylation sites (N-methyl/N-ethyl adjacent to an activating group) is 1. The van der Waals surface area contributed by atoms with Crippen LogP contribution in [0.1, 0.15) is 37.7 Å². The Hall–Kier alpha value is -0.870. The average Bonchev–Trinajstić information content (AvgIpc) is 2.85. The topological polar surface area (TPSA) is 32.3 Å². The molecule has 2 heterocycles. The van der Waals surface area contributed by atoms with Crippen LogP contribution in [0.3, 0.4) is 0 Å². The zero-order valence-electron chi connectivity index (χ0n) is 13.2. The van der Waals surface area contributed by atoms with Crippen LogP contribution in [0.5, 0.6) is 0 Å². The van der Waals surface area contributed by atoms with Crippen molar-refractivity contribution in [2.75, 3.05) is 13.6 Å². The van der Waals surface area contributed by atoms with Gasteiger partial charge in [-0.2, -0.15) is 0 Å². The first-order valence-corrected chi connectivity index (χ1v) is 9.14. The van der Waals surface area contributed by atoms with Gasteiger partial charge in [0, 0.05) is 36.6 Å². The summed E-state index contributed by atoms with van der Waals surface area (Å²) in [5, 5.41) is 3.65. The third-order valence-corrected chi connectivity index (χ3v) is 5.64. The number of nitrogens with zero attached hydrogens (tertiary/aromatic N) is 1. The largest absolute Gasteiger partial charge is 0.345 e. The van der Waals surface area contributed by atoms with E-state index in [1.807, 2.05) is 11.9 Å². The maximum absolute atomic E-state index is 12.4. The van der Waals surface area contributed by atoms with Crippen molar-refractivity contribution in [2.24, 2.45) is 5.92 Å². The SMILES string of the molecule is CN(CCc1ccc(Br)cc1)C(=O)CC1CC2CCC(C1)N2. The number of halogens is 1. The molecule has 0 aliphatic carbocycles. The first-order valence-electron chi connectivity index (χ1n) is 8.34. The van der Waals surface area contributed by atoms with Gasteiger partial charge in [-0.3, -0.25) is 4.79 Å². The van der Waals surface area contributed by atoms with Crippen molar-refractivity contribution in [3.63, 3.8) is 0 Å². The molecule has 2 unspecified atom stereocenters. The molecule has 3 rings (SSSR count). The molecule has 2 saturated heterocycles. The predicted molar refractivity (Wildman–Crippen MR) is 92.8 cm³/mol. The third-order valence-electron chi connectivity index (χ3n) is 5.11. The van der Waals surface area contributed by atoms with Gasteiger partial charge in [0.2, 0.25) is 5.91 Å². The molecule has 0 spiro atoms. The van der Waals surface area contributed by atoms with Crippen molar-refractivity contribution >= 4 is 21.8 Å². The van der Waals surface area contributed by atoms with E-state index >= 15 is 0 Å². The van der Waals surface area contributed by atoms with Crippen LogP contribution < -0.4 is 5.32 Å². The molecule has 22 heavy (non-hydrogen) atoms. The van der Waals surface area contributed by atoms with E-state index in [-0.39, 0.29) is 0 Å². The van der Waals surface area contributed by atoms with E-state index in [4.69, 9.17) is 0 Å². The molecular formula is C18H25BrN2O. The lowest BCUT2D eigenvalue weighted by atomic mass is 9.89. The van der Waals surface area contributed by atoms with Crippen LogP contribution >= 0.6 is 15.9 Å². The van der Waals surface area contributed by atoms with Gasteiger partial charge in [0.1, 0.15) is 0 Å². The molecule has 1 N–H and O–H groups in total. The van der Waals surface area contributed by atoms with Crippen molar-refractivity contribution in [3.05, 3.63) is 34.3 Å². The van der Waals surface area contributed by atoms with E-state index in [0.29, 0.717) is 23.9 Å². The molecule has 0 radical (unpaired) electrons. The molecule has 0 aromatic heterocycles. The minimum absolute atomic E-state index is 0.309. The van der Waals surface area contributed by atoms with E-state index in [1.54, 1.807) is 0 Å². The van der Waals surface area contributed by atoms with E-state index in [9.17, 15) is 4.79 Å². The molecule has 3 nitrogen and oxygen atoms in total. The van der Waals surface area contributed by atoms with E-state index < -0.39 is 0 Å². The summed E-state index contributed by atoms with van der Waals surface area (Å²) in [7, 11) is 1.94. The van der Waals surface area contributed by atoms with Crippen LogP contribution in [0.15, 0.2) is 28.7 Å². The highest BCUT2D eigenvalue weighted by Gasteiger charge is 2.34. The second kappa shape index (κ2) is 7.14. The highest BCUT2D eigenvalue weighted by atomic mass is 79.9. The zero-order chi connectivity index (χ0) is 15.5. The lowest BCUT2D eigenvalue weighted by Gasteiger charge is -2.30. The molecule has 2 atom stereocenters. The maximum atomic E-state index is 12.4. The van der Waals surface area contributed by atoms with Crippen LogP contribution in [-0.2, 0) is 11.2 Å². The molecule has 2 fully saturated rings. The lowest BCUT2D eigenvalue weighted by molar-refractivity contribution is -0.131. The first-order chi connectivity index (χ1) is 10.6. The molecule has 1 aromatic rings. The Labute approximate surface area is 141 Å². The zero-order valence-corrected chi connectivity index (χ0v) is 14.8. The Morgan fingerprint density at radius 3 is 2.50 bits per heavy atom. The van der Waals surface area contributed by atoms with Crippen molar-refractivity contribution in [1.82, 2.24) is 10.2 Å². The van der Waals surface area contributed by atoms with E-state index in [0.717, 1.165) is 23.9 Å². The maximum Gasteiger partial charge on any atom is 0.222 e. The van der Waals surface area contributed by atoms with Crippen molar-refractivity contribution in [2.45, 2.75) is 50.6 Å². The highest BCUT2D eigenvalue weighted by Crippen LogP contribution is 2.32. The van der Waals surface area contributed by atoms with Crippen LogP contribution in [0.4, 0.5) is 0 Å². The molecule has 2 aliphatic rings. The Morgan fingerprint density at radius 2 is 1.86 bits per heavy atom. The Bertz CT molecular complexity index is 504. The van der Waals surface area contributed by atoms with Crippen LogP contribution in [0.2, 0.25) is 0 Å². The van der Waals surface area contributed by atoms with Gasteiger partial charge in [-0.25, -0.2) is 0 Å². The number of nitrogens with one attached hydrogen (secondary N) is 1. The summed E-state index contributed by atoms with van der Waals surface area (Å²) >= 11 is 3.45. The second-order valence-corrected chi connectivity index (χ2v) is 7.79. The standard InChI is InChI=1S/C18H25BrN2O/c1-21(9-8-13-2-4-15(19)5-3-13)18(22)12-14-10-16-6-7-17(11-14)20-16/h2-5,14,16-17,20H,6-12H2,1H3.